The number of para-hydroxylation sites is 2. The van der Waals surface area contributed by atoms with E-state index in [1.54, 1.807) is 0 Å². The zero-order chi connectivity index (χ0) is 30.1. The van der Waals surface area contributed by atoms with Gasteiger partial charge in [-0.2, -0.15) is 0 Å². The first kappa shape index (κ1) is 27.9. The fraction of sp³-hybridized carbons (Fsp3) is 0.100. The van der Waals surface area contributed by atoms with Crippen LogP contribution in [0.3, 0.4) is 0 Å². The largest absolute Gasteiger partial charge is 0.292 e. The third-order valence-corrected chi connectivity index (χ3v) is 8.03. The summed E-state index contributed by atoms with van der Waals surface area (Å²) in [5, 5.41) is 4.43. The molecular weight excluding hydrogens is 522 g/mol. The molecule has 0 spiro atoms. The van der Waals surface area contributed by atoms with Crippen molar-refractivity contribution >= 4 is 60.9 Å². The first-order valence-corrected chi connectivity index (χ1v) is 14.8. The van der Waals surface area contributed by atoms with Crippen LogP contribution in [0.25, 0.3) is 60.9 Å². The Morgan fingerprint density at radius 1 is 0.837 bits per heavy atom. The van der Waals surface area contributed by atoms with Crippen molar-refractivity contribution in [3.8, 4) is 0 Å². The Bertz CT molecular complexity index is 2260. The molecule has 0 radical (unpaired) electrons. The van der Waals surface area contributed by atoms with Crippen LogP contribution in [0.15, 0.2) is 134 Å². The molecule has 0 saturated heterocycles. The number of hydrogen-bond donors (Lipinski definition) is 0. The Kier molecular flexibility index (Phi) is 7.48. The molecule has 0 aliphatic carbocycles. The minimum absolute atomic E-state index is 0.943. The van der Waals surface area contributed by atoms with Crippen LogP contribution >= 0.6 is 0 Å². The van der Waals surface area contributed by atoms with Gasteiger partial charge < -0.3 is 0 Å². The predicted molar refractivity (Wildman–Crippen MR) is 187 cm³/mol. The lowest BCUT2D eigenvalue weighted by Gasteiger charge is -2.13. The van der Waals surface area contributed by atoms with E-state index in [2.05, 4.69) is 122 Å². The van der Waals surface area contributed by atoms with Gasteiger partial charge in [-0.15, -0.1) is 0 Å². The standard InChI is InChI=1S/C38H29N3.C2H6/c1-5-27(21-25(3)26(4)22-29-12-7-6-11-24(29)2)30-17-19-34-32(23-30)36-31(18-16-28-13-10-20-39-37(28)36)38-40-33-14-8-9-15-35(33)41(34)38;1-2/h5-23H,1,3H2,2,4H3;1-2H3/b26-22+,27-21+;. The van der Waals surface area contributed by atoms with Gasteiger partial charge in [0.05, 0.1) is 22.1 Å². The number of benzene rings is 4. The Labute approximate surface area is 252 Å². The summed E-state index contributed by atoms with van der Waals surface area (Å²) in [6, 6.07) is 31.8. The van der Waals surface area contributed by atoms with Crippen molar-refractivity contribution in [2.24, 2.45) is 0 Å². The van der Waals surface area contributed by atoms with Gasteiger partial charge in [-0.05, 0) is 89.7 Å². The average molecular weight is 558 g/mol. The fourth-order valence-corrected chi connectivity index (χ4v) is 5.80. The number of hydrogen-bond acceptors (Lipinski definition) is 2. The van der Waals surface area contributed by atoms with Crippen LogP contribution < -0.4 is 0 Å². The van der Waals surface area contributed by atoms with Crippen molar-refractivity contribution in [2.45, 2.75) is 27.7 Å². The monoisotopic (exact) mass is 557 g/mol. The Morgan fingerprint density at radius 2 is 1.63 bits per heavy atom. The molecule has 0 atom stereocenters. The third kappa shape index (κ3) is 4.83. The molecule has 0 fully saturated rings. The summed E-state index contributed by atoms with van der Waals surface area (Å²) in [6.45, 7) is 16.8. The van der Waals surface area contributed by atoms with Crippen molar-refractivity contribution in [2.75, 3.05) is 0 Å². The summed E-state index contributed by atoms with van der Waals surface area (Å²) < 4.78 is 2.27. The first-order valence-electron chi connectivity index (χ1n) is 14.8. The molecule has 3 heteroatoms. The summed E-state index contributed by atoms with van der Waals surface area (Å²) in [5.41, 5.74) is 11.7. The van der Waals surface area contributed by atoms with E-state index in [4.69, 9.17) is 9.97 Å². The van der Waals surface area contributed by atoms with Gasteiger partial charge >= 0.3 is 0 Å². The van der Waals surface area contributed by atoms with E-state index < -0.39 is 0 Å². The molecule has 3 heterocycles. The molecule has 210 valence electrons. The molecule has 3 aromatic heterocycles. The molecule has 4 aromatic carbocycles. The quantitative estimate of drug-likeness (QED) is 0.156. The van der Waals surface area contributed by atoms with E-state index in [0.29, 0.717) is 0 Å². The maximum absolute atomic E-state index is 5.06. The zero-order valence-corrected chi connectivity index (χ0v) is 25.2. The molecule has 0 N–H and O–H groups in total. The molecule has 0 aliphatic heterocycles. The molecule has 0 unspecified atom stereocenters. The number of allylic oxidation sites excluding steroid dienone is 5. The normalized spacial score (nSPS) is 12.2. The lowest BCUT2D eigenvalue weighted by atomic mass is 9.95. The van der Waals surface area contributed by atoms with E-state index in [0.717, 1.165) is 71.5 Å². The van der Waals surface area contributed by atoms with Gasteiger partial charge in [-0.3, -0.25) is 9.38 Å². The number of aromatic nitrogens is 3. The lowest BCUT2D eigenvalue weighted by Crippen LogP contribution is -1.94. The molecule has 0 bridgehead atoms. The molecule has 0 aliphatic rings. The summed E-state index contributed by atoms with van der Waals surface area (Å²) in [5.74, 6) is 0. The van der Waals surface area contributed by atoms with Crippen LogP contribution in [-0.4, -0.2) is 14.4 Å². The Hall–Kier alpha value is -5.28. The maximum Gasteiger partial charge on any atom is 0.146 e. The highest BCUT2D eigenvalue weighted by Gasteiger charge is 2.17. The van der Waals surface area contributed by atoms with Crippen molar-refractivity contribution < 1.29 is 0 Å². The van der Waals surface area contributed by atoms with E-state index >= 15 is 0 Å². The second-order valence-electron chi connectivity index (χ2n) is 10.6. The van der Waals surface area contributed by atoms with Gasteiger partial charge in [-0.1, -0.05) is 93.8 Å². The van der Waals surface area contributed by atoms with Crippen molar-refractivity contribution in [3.05, 3.63) is 150 Å². The minimum atomic E-state index is 0.943. The molecule has 7 rings (SSSR count). The van der Waals surface area contributed by atoms with Gasteiger partial charge in [0, 0.05) is 27.7 Å². The third-order valence-electron chi connectivity index (χ3n) is 8.03. The van der Waals surface area contributed by atoms with Crippen LogP contribution in [0, 0.1) is 6.92 Å². The number of imidazole rings is 1. The molecule has 0 amide bonds. The molecular formula is C40H35N3. The van der Waals surface area contributed by atoms with E-state index in [1.807, 2.05) is 38.3 Å². The fourth-order valence-electron chi connectivity index (χ4n) is 5.80. The first-order chi connectivity index (χ1) is 21.0. The van der Waals surface area contributed by atoms with Crippen LogP contribution in [0.2, 0.25) is 0 Å². The molecule has 43 heavy (non-hydrogen) atoms. The van der Waals surface area contributed by atoms with Crippen molar-refractivity contribution in [1.82, 2.24) is 14.4 Å². The average Bonchev–Trinajstić information content (AvgIpc) is 3.45. The number of pyridine rings is 2. The number of aryl methyl sites for hydroxylation is 1. The smallest absolute Gasteiger partial charge is 0.146 e. The van der Waals surface area contributed by atoms with Gasteiger partial charge in [0.1, 0.15) is 5.65 Å². The topological polar surface area (TPSA) is 30.2 Å². The van der Waals surface area contributed by atoms with Gasteiger partial charge in [0.2, 0.25) is 0 Å². The molecule has 0 saturated carbocycles. The zero-order valence-electron chi connectivity index (χ0n) is 25.2. The maximum atomic E-state index is 5.06. The number of rotatable bonds is 5. The van der Waals surface area contributed by atoms with Crippen molar-refractivity contribution in [3.63, 3.8) is 0 Å². The molecule has 3 nitrogen and oxygen atoms in total. The van der Waals surface area contributed by atoms with Gasteiger partial charge in [0.25, 0.3) is 0 Å². The van der Waals surface area contributed by atoms with Gasteiger partial charge in [-0.25, -0.2) is 4.98 Å². The van der Waals surface area contributed by atoms with Crippen molar-refractivity contribution in [1.29, 1.82) is 0 Å². The SMILES string of the molecule is C=C/C(=C\C(=C)/C(C)=C/c1ccccc1C)c1ccc2c(c1)c1c(ccc3cccnc31)c1nc3ccccc3n21.CC. The number of fused-ring (bicyclic) bond motifs is 10. The lowest BCUT2D eigenvalue weighted by molar-refractivity contribution is 1.31. The van der Waals surface area contributed by atoms with Crippen LogP contribution in [0.4, 0.5) is 0 Å². The summed E-state index contributed by atoms with van der Waals surface area (Å²) >= 11 is 0. The van der Waals surface area contributed by atoms with Crippen LogP contribution in [-0.2, 0) is 0 Å². The Morgan fingerprint density at radius 3 is 2.44 bits per heavy atom. The highest BCUT2D eigenvalue weighted by molar-refractivity contribution is 6.23. The van der Waals surface area contributed by atoms with Crippen LogP contribution in [0.1, 0.15) is 37.5 Å². The number of nitrogens with zero attached hydrogens (tertiary/aromatic N) is 3. The highest BCUT2D eigenvalue weighted by atomic mass is 15.0. The van der Waals surface area contributed by atoms with E-state index in [-0.39, 0.29) is 0 Å². The minimum Gasteiger partial charge on any atom is -0.292 e. The second kappa shape index (κ2) is 11.5. The van der Waals surface area contributed by atoms with E-state index in [1.165, 1.54) is 11.1 Å². The molecule has 7 aromatic rings. The summed E-state index contributed by atoms with van der Waals surface area (Å²) in [4.78, 5) is 9.90. The summed E-state index contributed by atoms with van der Waals surface area (Å²) in [6.07, 6.45) is 8.10. The summed E-state index contributed by atoms with van der Waals surface area (Å²) in [7, 11) is 0. The van der Waals surface area contributed by atoms with Crippen LogP contribution in [0.5, 0.6) is 0 Å². The van der Waals surface area contributed by atoms with Gasteiger partial charge in [0.15, 0.2) is 0 Å². The second-order valence-corrected chi connectivity index (χ2v) is 10.6. The Balaban J connectivity index is 0.00000161. The predicted octanol–water partition coefficient (Wildman–Crippen LogP) is 10.9. The highest BCUT2D eigenvalue weighted by Crippen LogP contribution is 2.37. The van der Waals surface area contributed by atoms with E-state index in [9.17, 15) is 0 Å².